The first-order valence-electron chi connectivity index (χ1n) is 10.5. The van der Waals surface area contributed by atoms with Gasteiger partial charge in [-0.15, -0.1) is 0 Å². The SMILES string of the molecule is NC(=O)N(O)Cc1ccc(NC(=O)c2cccc(C(=O)Nc3ccc(CN(O)C(N)=O)cc3)c2)cc1. The summed E-state index contributed by atoms with van der Waals surface area (Å²) >= 11 is 0. The van der Waals surface area contributed by atoms with Gasteiger partial charge in [0.1, 0.15) is 0 Å². The Balaban J connectivity index is 1.61. The van der Waals surface area contributed by atoms with Crippen LogP contribution in [0, 0.1) is 0 Å². The van der Waals surface area contributed by atoms with Crippen molar-refractivity contribution in [3.05, 3.63) is 95.1 Å². The van der Waals surface area contributed by atoms with Crippen LogP contribution in [-0.4, -0.2) is 44.4 Å². The molecule has 0 saturated heterocycles. The molecule has 6 amide bonds. The number of urea groups is 2. The molecule has 0 aliphatic carbocycles. The summed E-state index contributed by atoms with van der Waals surface area (Å²) in [5.41, 5.74) is 12.6. The third-order valence-electron chi connectivity index (χ3n) is 4.98. The van der Waals surface area contributed by atoms with E-state index in [2.05, 4.69) is 10.6 Å². The van der Waals surface area contributed by atoms with Crippen molar-refractivity contribution in [1.82, 2.24) is 10.1 Å². The largest absolute Gasteiger partial charge is 0.350 e. The van der Waals surface area contributed by atoms with Crippen LogP contribution in [0.25, 0.3) is 0 Å². The molecule has 12 nitrogen and oxygen atoms in total. The van der Waals surface area contributed by atoms with Gasteiger partial charge < -0.3 is 22.1 Å². The minimum absolute atomic E-state index is 0.100. The molecule has 0 heterocycles. The Hall–Kier alpha value is -4.94. The summed E-state index contributed by atoms with van der Waals surface area (Å²) in [5.74, 6) is -0.878. The van der Waals surface area contributed by atoms with Crippen LogP contribution in [0.3, 0.4) is 0 Å². The van der Waals surface area contributed by atoms with Crippen molar-refractivity contribution in [2.24, 2.45) is 11.5 Å². The van der Waals surface area contributed by atoms with E-state index in [1.165, 1.54) is 6.07 Å². The average molecular weight is 492 g/mol. The zero-order valence-corrected chi connectivity index (χ0v) is 18.9. The maximum Gasteiger partial charge on any atom is 0.338 e. The number of hydroxylamine groups is 4. The monoisotopic (exact) mass is 492 g/mol. The van der Waals surface area contributed by atoms with E-state index in [0.29, 0.717) is 32.6 Å². The van der Waals surface area contributed by atoms with Gasteiger partial charge in [0.2, 0.25) is 0 Å². The summed E-state index contributed by atoms with van der Waals surface area (Å²) in [6.07, 6.45) is 0. The molecule has 3 rings (SSSR count). The summed E-state index contributed by atoms with van der Waals surface area (Å²) in [5, 5.41) is 25.0. The zero-order valence-electron chi connectivity index (χ0n) is 18.9. The number of carbonyl (C=O) groups excluding carboxylic acids is 4. The highest BCUT2D eigenvalue weighted by Gasteiger charge is 2.13. The fourth-order valence-corrected chi connectivity index (χ4v) is 3.10. The maximum atomic E-state index is 12.7. The van der Waals surface area contributed by atoms with Crippen molar-refractivity contribution >= 4 is 35.3 Å². The predicted molar refractivity (Wildman–Crippen MR) is 129 cm³/mol. The van der Waals surface area contributed by atoms with Crippen LogP contribution < -0.4 is 22.1 Å². The highest BCUT2D eigenvalue weighted by atomic mass is 16.5. The van der Waals surface area contributed by atoms with Gasteiger partial charge in [0, 0.05) is 22.5 Å². The number of hydrogen-bond donors (Lipinski definition) is 6. The van der Waals surface area contributed by atoms with Gasteiger partial charge in [-0.05, 0) is 53.6 Å². The van der Waals surface area contributed by atoms with E-state index in [4.69, 9.17) is 11.5 Å². The first-order chi connectivity index (χ1) is 17.1. The summed E-state index contributed by atoms with van der Waals surface area (Å²) in [6, 6.07) is 17.0. The van der Waals surface area contributed by atoms with Gasteiger partial charge in [0.05, 0.1) is 13.1 Å². The number of primary amides is 2. The second kappa shape index (κ2) is 11.5. The Bertz CT molecular complexity index is 1170. The lowest BCUT2D eigenvalue weighted by molar-refractivity contribution is -0.0470. The number of amides is 6. The average Bonchev–Trinajstić information content (AvgIpc) is 2.86. The molecule has 0 aliphatic rings. The molecule has 186 valence electrons. The number of nitrogens with two attached hydrogens (primary N) is 2. The number of carbonyl (C=O) groups is 4. The van der Waals surface area contributed by atoms with Gasteiger partial charge in [-0.2, -0.15) is 0 Å². The van der Waals surface area contributed by atoms with E-state index >= 15 is 0 Å². The van der Waals surface area contributed by atoms with E-state index in [1.807, 2.05) is 0 Å². The van der Waals surface area contributed by atoms with Gasteiger partial charge in [-0.1, -0.05) is 30.3 Å². The van der Waals surface area contributed by atoms with Crippen molar-refractivity contribution in [3.63, 3.8) is 0 Å². The molecule has 0 aromatic heterocycles. The van der Waals surface area contributed by atoms with Crippen molar-refractivity contribution in [1.29, 1.82) is 0 Å². The van der Waals surface area contributed by atoms with E-state index in [9.17, 15) is 29.6 Å². The molecule has 0 bridgehead atoms. The second-order valence-corrected chi connectivity index (χ2v) is 7.67. The van der Waals surface area contributed by atoms with E-state index in [1.54, 1.807) is 66.7 Å². The molecule has 3 aromatic rings. The van der Waals surface area contributed by atoms with E-state index in [0.717, 1.165) is 0 Å². The molecule has 0 fully saturated rings. The van der Waals surface area contributed by atoms with Crippen molar-refractivity contribution in [3.8, 4) is 0 Å². The highest BCUT2D eigenvalue weighted by Crippen LogP contribution is 2.16. The topological polar surface area (TPSA) is 191 Å². The molecule has 0 saturated carbocycles. The van der Waals surface area contributed by atoms with Gasteiger partial charge in [0.25, 0.3) is 11.8 Å². The maximum absolute atomic E-state index is 12.7. The minimum atomic E-state index is -0.980. The zero-order chi connectivity index (χ0) is 26.2. The lowest BCUT2D eigenvalue weighted by atomic mass is 10.1. The van der Waals surface area contributed by atoms with Crippen molar-refractivity contribution < 1.29 is 29.6 Å². The van der Waals surface area contributed by atoms with Crippen LogP contribution in [0.2, 0.25) is 0 Å². The lowest BCUT2D eigenvalue weighted by Crippen LogP contribution is -2.31. The standard InChI is InChI=1S/C24H24N6O6/c25-23(33)29(35)13-15-4-8-19(9-5-15)27-21(31)17-2-1-3-18(12-17)22(32)28-20-10-6-16(7-11-20)14-30(36)24(26)34/h1-12,35-36H,13-14H2,(H2,25,33)(H2,26,34)(H,27,31)(H,28,32). The first kappa shape index (κ1) is 25.7. The van der Waals surface area contributed by atoms with Gasteiger partial charge >= 0.3 is 12.1 Å². The van der Waals surface area contributed by atoms with Crippen LogP contribution in [0.5, 0.6) is 0 Å². The van der Waals surface area contributed by atoms with Crippen LogP contribution in [-0.2, 0) is 13.1 Å². The molecule has 0 radical (unpaired) electrons. The van der Waals surface area contributed by atoms with Crippen LogP contribution in [0.15, 0.2) is 72.8 Å². The Morgan fingerprint density at radius 3 is 1.33 bits per heavy atom. The number of anilines is 2. The molecule has 0 atom stereocenters. The number of nitrogens with zero attached hydrogens (tertiary/aromatic N) is 2. The molecule has 0 aliphatic heterocycles. The normalized spacial score (nSPS) is 10.3. The highest BCUT2D eigenvalue weighted by molar-refractivity contribution is 6.08. The molecule has 0 unspecified atom stereocenters. The molecule has 12 heteroatoms. The van der Waals surface area contributed by atoms with Gasteiger partial charge in [-0.3, -0.25) is 20.0 Å². The Kier molecular flexibility index (Phi) is 8.18. The van der Waals surface area contributed by atoms with Crippen LogP contribution in [0.1, 0.15) is 31.8 Å². The minimum Gasteiger partial charge on any atom is -0.350 e. The summed E-state index contributed by atoms with van der Waals surface area (Å²) in [6.45, 7) is -0.201. The smallest absolute Gasteiger partial charge is 0.338 e. The third-order valence-corrected chi connectivity index (χ3v) is 4.98. The fraction of sp³-hybridized carbons (Fsp3) is 0.0833. The summed E-state index contributed by atoms with van der Waals surface area (Å²) in [4.78, 5) is 47.1. The lowest BCUT2D eigenvalue weighted by Gasteiger charge is -2.13. The predicted octanol–water partition coefficient (Wildman–Crippen LogP) is 2.73. The third kappa shape index (κ3) is 7.03. The quantitative estimate of drug-likeness (QED) is 0.207. The van der Waals surface area contributed by atoms with Gasteiger partial charge in [-0.25, -0.2) is 19.7 Å². The van der Waals surface area contributed by atoms with Gasteiger partial charge in [0.15, 0.2) is 0 Å². The summed E-state index contributed by atoms with van der Waals surface area (Å²) in [7, 11) is 0. The van der Waals surface area contributed by atoms with Crippen molar-refractivity contribution in [2.45, 2.75) is 13.1 Å². The van der Waals surface area contributed by atoms with Crippen LogP contribution >= 0.6 is 0 Å². The molecule has 36 heavy (non-hydrogen) atoms. The molecular weight excluding hydrogens is 468 g/mol. The molecular formula is C24H24N6O6. The first-order valence-corrected chi connectivity index (χ1v) is 10.5. The summed E-state index contributed by atoms with van der Waals surface area (Å²) < 4.78 is 0. The second-order valence-electron chi connectivity index (χ2n) is 7.67. The Morgan fingerprint density at radius 1 is 0.639 bits per heavy atom. The van der Waals surface area contributed by atoms with E-state index < -0.39 is 23.9 Å². The van der Waals surface area contributed by atoms with Crippen molar-refractivity contribution in [2.75, 3.05) is 10.6 Å². The van der Waals surface area contributed by atoms with E-state index in [-0.39, 0.29) is 24.2 Å². The number of hydrogen-bond acceptors (Lipinski definition) is 6. The number of rotatable bonds is 8. The Labute approximate surface area is 205 Å². The number of nitrogens with one attached hydrogen (secondary N) is 2. The fourth-order valence-electron chi connectivity index (χ4n) is 3.10. The Morgan fingerprint density at radius 2 is 1.00 bits per heavy atom. The molecule has 0 spiro atoms. The number of benzene rings is 3. The molecule has 8 N–H and O–H groups in total. The van der Waals surface area contributed by atoms with Crippen LogP contribution in [0.4, 0.5) is 21.0 Å². The molecule has 3 aromatic carbocycles.